The third-order valence-electron chi connectivity index (χ3n) is 4.51. The lowest BCUT2D eigenvalue weighted by Gasteiger charge is -2.25. The maximum absolute atomic E-state index is 9.35. The van der Waals surface area contributed by atoms with E-state index in [1.54, 1.807) is 0 Å². The Morgan fingerprint density at radius 1 is 1.20 bits per heavy atom. The van der Waals surface area contributed by atoms with E-state index in [0.717, 1.165) is 31.2 Å². The van der Waals surface area contributed by atoms with Crippen LogP contribution in [-0.4, -0.2) is 74.3 Å². The Morgan fingerprint density at radius 2 is 1.87 bits per heavy atom. The molecule has 1 fully saturated rings. The summed E-state index contributed by atoms with van der Waals surface area (Å²) in [6, 6.07) is 2.34. The summed E-state index contributed by atoms with van der Waals surface area (Å²) in [6.07, 6.45) is 5.94. The van der Waals surface area contributed by atoms with E-state index in [1.807, 2.05) is 24.5 Å². The van der Waals surface area contributed by atoms with Crippen molar-refractivity contribution in [3.8, 4) is 0 Å². The number of thiophene rings is 1. The highest BCUT2D eigenvalue weighted by Crippen LogP contribution is 2.21. The van der Waals surface area contributed by atoms with Crippen molar-refractivity contribution >= 4 is 24.3 Å². The van der Waals surface area contributed by atoms with Crippen molar-refractivity contribution in [1.82, 2.24) is 19.8 Å². The van der Waals surface area contributed by atoms with Crippen molar-refractivity contribution in [3.63, 3.8) is 0 Å². The number of imidazole rings is 1. The zero-order chi connectivity index (χ0) is 22.2. The van der Waals surface area contributed by atoms with Crippen molar-refractivity contribution < 1.29 is 24.9 Å². The SMILES string of the molecule is Cc1ncc(CN(CCO)Cc2cc(CN3CCCCC3)cs2)[nH]1.O=CO.O=CO. The summed E-state index contributed by atoms with van der Waals surface area (Å²) in [5.41, 5.74) is 2.53. The summed E-state index contributed by atoms with van der Waals surface area (Å²) in [4.78, 5) is 30.5. The van der Waals surface area contributed by atoms with Gasteiger partial charge in [0.2, 0.25) is 0 Å². The molecule has 1 aliphatic rings. The normalized spacial score (nSPS) is 13.7. The lowest BCUT2D eigenvalue weighted by atomic mass is 10.1. The van der Waals surface area contributed by atoms with Crippen molar-refractivity contribution in [2.45, 2.75) is 45.8 Å². The molecule has 168 valence electrons. The van der Waals surface area contributed by atoms with Crippen molar-refractivity contribution in [2.24, 2.45) is 0 Å². The fourth-order valence-corrected chi connectivity index (χ4v) is 4.26. The molecule has 0 bridgehead atoms. The van der Waals surface area contributed by atoms with Crippen LogP contribution in [0.4, 0.5) is 0 Å². The highest BCUT2D eigenvalue weighted by atomic mass is 32.1. The van der Waals surface area contributed by atoms with Gasteiger partial charge >= 0.3 is 0 Å². The van der Waals surface area contributed by atoms with Gasteiger partial charge in [0, 0.05) is 42.9 Å². The van der Waals surface area contributed by atoms with Crippen LogP contribution < -0.4 is 0 Å². The van der Waals surface area contributed by atoms with Crippen LogP contribution >= 0.6 is 11.3 Å². The Labute approximate surface area is 181 Å². The number of aromatic nitrogens is 2. The number of rotatable bonds is 8. The van der Waals surface area contributed by atoms with Gasteiger partial charge in [-0.05, 0) is 49.9 Å². The number of H-pyrrole nitrogens is 1. The molecule has 1 aliphatic heterocycles. The molecule has 10 heteroatoms. The summed E-state index contributed by atoms with van der Waals surface area (Å²) < 4.78 is 0. The molecule has 0 saturated carbocycles. The molecule has 2 aromatic rings. The molecule has 9 nitrogen and oxygen atoms in total. The Kier molecular flexibility index (Phi) is 13.4. The van der Waals surface area contributed by atoms with E-state index in [-0.39, 0.29) is 19.6 Å². The molecular weight excluding hydrogens is 408 g/mol. The summed E-state index contributed by atoms with van der Waals surface area (Å²) >= 11 is 1.83. The number of hydrogen-bond donors (Lipinski definition) is 4. The number of carbonyl (C=O) groups is 2. The quantitative estimate of drug-likeness (QED) is 0.460. The fourth-order valence-electron chi connectivity index (χ4n) is 3.34. The smallest absolute Gasteiger partial charge is 0.290 e. The minimum absolute atomic E-state index is 0.180. The average Bonchev–Trinajstić information content (AvgIpc) is 3.33. The molecule has 1 saturated heterocycles. The zero-order valence-corrected chi connectivity index (χ0v) is 18.2. The summed E-state index contributed by atoms with van der Waals surface area (Å²) in [5, 5.41) is 25.4. The molecule has 0 atom stereocenters. The second-order valence-electron chi connectivity index (χ2n) is 6.90. The molecule has 0 unspecified atom stereocenters. The van der Waals surface area contributed by atoms with Crippen LogP contribution in [0.2, 0.25) is 0 Å². The number of carboxylic acid groups (broad SMARTS) is 2. The van der Waals surface area contributed by atoms with Gasteiger partial charge in [-0.25, -0.2) is 4.98 Å². The van der Waals surface area contributed by atoms with Gasteiger partial charge < -0.3 is 20.3 Å². The topological polar surface area (TPSA) is 130 Å². The minimum atomic E-state index is -0.250. The Morgan fingerprint density at radius 3 is 2.43 bits per heavy atom. The third-order valence-corrected chi connectivity index (χ3v) is 5.48. The number of piperidine rings is 1. The Bertz CT molecular complexity index is 710. The molecule has 2 aromatic heterocycles. The molecule has 3 heterocycles. The summed E-state index contributed by atoms with van der Waals surface area (Å²) in [7, 11) is 0. The van der Waals surface area contributed by atoms with Crippen LogP contribution in [-0.2, 0) is 29.2 Å². The number of likely N-dealkylation sites (tertiary alicyclic amines) is 1. The zero-order valence-electron chi connectivity index (χ0n) is 17.4. The van der Waals surface area contributed by atoms with Gasteiger partial charge in [0.1, 0.15) is 5.82 Å². The highest BCUT2D eigenvalue weighted by molar-refractivity contribution is 7.10. The van der Waals surface area contributed by atoms with E-state index >= 15 is 0 Å². The summed E-state index contributed by atoms with van der Waals surface area (Å²) in [6.45, 7) is 7.55. The second kappa shape index (κ2) is 15.6. The first-order valence-electron chi connectivity index (χ1n) is 9.84. The number of aliphatic hydroxyl groups excluding tert-OH is 1. The molecular formula is C20H32N4O5S. The van der Waals surface area contributed by atoms with E-state index in [2.05, 4.69) is 31.2 Å². The van der Waals surface area contributed by atoms with E-state index in [0.29, 0.717) is 6.54 Å². The monoisotopic (exact) mass is 440 g/mol. The number of nitrogens with one attached hydrogen (secondary N) is 1. The second-order valence-corrected chi connectivity index (χ2v) is 7.89. The standard InChI is InChI=1S/C18H28N4OS.2CH2O2/c1-15-19-10-17(20-15)12-22(7-8-23)13-18-9-16(14-24-18)11-21-5-3-2-4-6-21;2*2-1-3/h9-10,14,23H,2-8,11-13H2,1H3,(H,19,20);2*1H,(H,2,3). The number of aromatic amines is 1. The van der Waals surface area contributed by atoms with E-state index in [1.165, 1.54) is 42.8 Å². The van der Waals surface area contributed by atoms with Crippen molar-refractivity contribution in [1.29, 1.82) is 0 Å². The third kappa shape index (κ3) is 10.5. The molecule has 0 aliphatic carbocycles. The molecule has 4 N–H and O–H groups in total. The van der Waals surface area contributed by atoms with E-state index < -0.39 is 0 Å². The summed E-state index contributed by atoms with van der Waals surface area (Å²) in [5.74, 6) is 0.939. The Balaban J connectivity index is 0.000000672. The van der Waals surface area contributed by atoms with Gasteiger partial charge in [0.25, 0.3) is 12.9 Å². The van der Waals surface area contributed by atoms with Crippen LogP contribution in [0.1, 0.15) is 41.2 Å². The number of nitrogens with zero attached hydrogens (tertiary/aromatic N) is 3. The molecule has 3 rings (SSSR count). The predicted octanol–water partition coefficient (Wildman–Crippen LogP) is 2.16. The minimum Gasteiger partial charge on any atom is -0.483 e. The van der Waals surface area contributed by atoms with Crippen LogP contribution in [0.5, 0.6) is 0 Å². The molecule has 0 amide bonds. The average molecular weight is 441 g/mol. The first-order chi connectivity index (χ1) is 14.6. The molecule has 0 aromatic carbocycles. The van der Waals surface area contributed by atoms with Crippen LogP contribution in [0.3, 0.4) is 0 Å². The van der Waals surface area contributed by atoms with Crippen molar-refractivity contribution in [3.05, 3.63) is 39.6 Å². The van der Waals surface area contributed by atoms with Crippen LogP contribution in [0.15, 0.2) is 17.6 Å². The first kappa shape index (κ1) is 25.8. The molecule has 0 spiro atoms. The lowest BCUT2D eigenvalue weighted by Crippen LogP contribution is -2.28. The molecule has 0 radical (unpaired) electrons. The fraction of sp³-hybridized carbons (Fsp3) is 0.550. The largest absolute Gasteiger partial charge is 0.483 e. The maximum atomic E-state index is 9.35. The van der Waals surface area contributed by atoms with Crippen LogP contribution in [0.25, 0.3) is 0 Å². The lowest BCUT2D eigenvalue weighted by molar-refractivity contribution is -0.123. The van der Waals surface area contributed by atoms with Gasteiger partial charge in [0.05, 0.1) is 6.61 Å². The number of hydrogen-bond acceptors (Lipinski definition) is 7. The van der Waals surface area contributed by atoms with Gasteiger partial charge in [-0.15, -0.1) is 11.3 Å². The van der Waals surface area contributed by atoms with Gasteiger partial charge in [-0.1, -0.05) is 6.42 Å². The van der Waals surface area contributed by atoms with Gasteiger partial charge in [0.15, 0.2) is 0 Å². The van der Waals surface area contributed by atoms with Crippen molar-refractivity contribution in [2.75, 3.05) is 26.2 Å². The number of aliphatic hydroxyl groups is 1. The van der Waals surface area contributed by atoms with Gasteiger partial charge in [-0.2, -0.15) is 0 Å². The molecule has 30 heavy (non-hydrogen) atoms. The van der Waals surface area contributed by atoms with E-state index in [4.69, 9.17) is 19.8 Å². The van der Waals surface area contributed by atoms with Crippen LogP contribution in [0, 0.1) is 6.92 Å². The maximum Gasteiger partial charge on any atom is 0.290 e. The van der Waals surface area contributed by atoms with E-state index in [9.17, 15) is 5.11 Å². The number of aryl methyl sites for hydroxylation is 1. The Hall–Kier alpha value is -2.27. The van der Waals surface area contributed by atoms with Gasteiger partial charge in [-0.3, -0.25) is 19.4 Å². The first-order valence-corrected chi connectivity index (χ1v) is 10.7. The highest BCUT2D eigenvalue weighted by Gasteiger charge is 2.13. The predicted molar refractivity (Wildman–Crippen MR) is 115 cm³/mol.